The molecule has 0 aromatic rings. The summed E-state index contributed by atoms with van der Waals surface area (Å²) < 4.78 is 5.12. The average molecular weight is 324 g/mol. The second kappa shape index (κ2) is 8.38. The molecule has 0 aromatic carbocycles. The third kappa shape index (κ3) is 4.13. The second-order valence-electron chi connectivity index (χ2n) is 6.03. The number of morpholine rings is 1. The van der Waals surface area contributed by atoms with Gasteiger partial charge in [-0.15, -0.1) is 0 Å². The first kappa shape index (κ1) is 18.8. The first-order valence-corrected chi connectivity index (χ1v) is 8.02. The van der Waals surface area contributed by atoms with E-state index < -0.39 is 22.6 Å². The van der Waals surface area contributed by atoms with Crippen molar-refractivity contribution in [1.29, 1.82) is 10.5 Å². The van der Waals surface area contributed by atoms with Gasteiger partial charge in [-0.3, -0.25) is 4.79 Å². The van der Waals surface area contributed by atoms with Crippen LogP contribution in [0.25, 0.3) is 0 Å². The molecule has 122 valence electrons. The molecular weight excluding hydrogens is 300 g/mol. The molecule has 0 radical (unpaired) electrons. The van der Waals surface area contributed by atoms with E-state index in [-0.39, 0.29) is 5.91 Å². The van der Waals surface area contributed by atoms with E-state index >= 15 is 0 Å². The Balaban J connectivity index is 0.000000287. The van der Waals surface area contributed by atoms with Gasteiger partial charge in [-0.2, -0.15) is 10.5 Å². The lowest BCUT2D eigenvalue weighted by Crippen LogP contribution is -3.11. The van der Waals surface area contributed by atoms with E-state index in [2.05, 4.69) is 18.4 Å². The van der Waals surface area contributed by atoms with Crippen LogP contribution in [-0.2, 0) is 22.2 Å². The van der Waals surface area contributed by atoms with E-state index in [1.54, 1.807) is 11.8 Å². The molecule has 2 aliphatic heterocycles. The number of hydrogen-bond acceptors (Lipinski definition) is 5. The molecule has 1 amide bonds. The summed E-state index contributed by atoms with van der Waals surface area (Å²) in [6, 6.07) is 4.08. The Morgan fingerprint density at radius 1 is 1.41 bits per heavy atom. The standard InChI is InChI=1S/C10H13N3OS.C5H11NO/c1-3-10(2)6(4-11)8(14)13-9(15)7(10)5-12;1-6-2-4-7-5-3-6/h6-7,9,15H,3H2,1-2H3,(H,13,14);2-5H2,1H3. The lowest BCUT2D eigenvalue weighted by molar-refractivity contribution is -0.888. The van der Waals surface area contributed by atoms with Crippen molar-refractivity contribution in [3.8, 4) is 12.1 Å². The van der Waals surface area contributed by atoms with Gasteiger partial charge in [-0.1, -0.05) is 19.2 Å². The summed E-state index contributed by atoms with van der Waals surface area (Å²) in [6.45, 7) is 7.92. The van der Waals surface area contributed by atoms with Crippen molar-refractivity contribution in [2.24, 2.45) is 17.3 Å². The van der Waals surface area contributed by atoms with Crippen molar-refractivity contribution in [3.05, 3.63) is 0 Å². The number of nitriles is 2. The van der Waals surface area contributed by atoms with E-state index in [4.69, 9.17) is 27.9 Å². The molecule has 2 rings (SSSR count). The number of nitrogens with one attached hydrogen (secondary N) is 2. The van der Waals surface area contributed by atoms with Crippen LogP contribution in [0.2, 0.25) is 0 Å². The SMILES string of the molecule is CCC1(C)C(C#N)C(=O)NC([S-])C1C#N.C[NH+]1CCOCC1. The summed E-state index contributed by atoms with van der Waals surface area (Å²) in [5.41, 5.74) is -0.641. The summed E-state index contributed by atoms with van der Waals surface area (Å²) in [5.74, 6) is -1.63. The predicted octanol–water partition coefficient (Wildman–Crippen LogP) is -0.784. The highest BCUT2D eigenvalue weighted by atomic mass is 32.1. The van der Waals surface area contributed by atoms with E-state index in [1.165, 1.54) is 13.1 Å². The molecule has 2 aliphatic rings. The van der Waals surface area contributed by atoms with Crippen molar-refractivity contribution < 1.29 is 14.4 Å². The zero-order chi connectivity index (χ0) is 16.8. The smallest absolute Gasteiger partial charge is 0.236 e. The van der Waals surface area contributed by atoms with Crippen LogP contribution in [0.4, 0.5) is 0 Å². The number of ether oxygens (including phenoxy) is 1. The molecule has 7 heteroatoms. The number of nitrogens with zero attached hydrogens (tertiary/aromatic N) is 2. The summed E-state index contributed by atoms with van der Waals surface area (Å²) in [5, 5.41) is 19.9. The Morgan fingerprint density at radius 3 is 2.36 bits per heavy atom. The number of quaternary nitrogens is 1. The maximum Gasteiger partial charge on any atom is 0.236 e. The van der Waals surface area contributed by atoms with Crippen LogP contribution in [-0.4, -0.2) is 44.6 Å². The topological polar surface area (TPSA) is 90.4 Å². The van der Waals surface area contributed by atoms with E-state index in [1.807, 2.05) is 13.0 Å². The van der Waals surface area contributed by atoms with E-state index in [9.17, 15) is 4.79 Å². The number of carbonyl (C=O) groups excluding carboxylic acids is 1. The van der Waals surface area contributed by atoms with Crippen molar-refractivity contribution in [1.82, 2.24) is 5.32 Å². The summed E-state index contributed by atoms with van der Waals surface area (Å²) >= 11 is 5.04. The molecule has 2 fully saturated rings. The Bertz CT molecular complexity index is 467. The Morgan fingerprint density at radius 2 is 2.00 bits per heavy atom. The van der Waals surface area contributed by atoms with E-state index in [0.29, 0.717) is 6.42 Å². The molecule has 0 spiro atoms. The van der Waals surface area contributed by atoms with Gasteiger partial charge in [0.2, 0.25) is 5.91 Å². The van der Waals surface area contributed by atoms with Gasteiger partial charge in [0.15, 0.2) is 0 Å². The molecular formula is C15H24N4O2S. The fourth-order valence-corrected chi connectivity index (χ4v) is 3.18. The fourth-order valence-electron chi connectivity index (χ4n) is 2.70. The van der Waals surface area contributed by atoms with Crippen LogP contribution < -0.4 is 10.2 Å². The van der Waals surface area contributed by atoms with Crippen molar-refractivity contribution >= 4 is 18.5 Å². The number of rotatable bonds is 1. The highest BCUT2D eigenvalue weighted by Crippen LogP contribution is 2.43. The molecule has 2 heterocycles. The molecule has 6 nitrogen and oxygen atoms in total. The van der Waals surface area contributed by atoms with Gasteiger partial charge in [0, 0.05) is 5.41 Å². The Kier molecular flexibility index (Phi) is 7.15. The van der Waals surface area contributed by atoms with Gasteiger partial charge in [0.25, 0.3) is 0 Å². The normalized spacial score (nSPS) is 35.4. The summed E-state index contributed by atoms with van der Waals surface area (Å²) in [6.07, 6.45) is 0.587. The maximum atomic E-state index is 11.6. The lowest BCUT2D eigenvalue weighted by Gasteiger charge is -2.48. The fraction of sp³-hybridized carbons (Fsp3) is 0.800. The van der Waals surface area contributed by atoms with Gasteiger partial charge in [-0.05, 0) is 6.42 Å². The Hall–Kier alpha value is -1.28. The third-order valence-corrected chi connectivity index (χ3v) is 4.99. The van der Waals surface area contributed by atoms with Crippen LogP contribution in [0, 0.1) is 39.9 Å². The quantitative estimate of drug-likeness (QED) is 0.617. The van der Waals surface area contributed by atoms with Gasteiger partial charge in [0.1, 0.15) is 19.0 Å². The molecule has 4 unspecified atom stereocenters. The Labute approximate surface area is 137 Å². The van der Waals surface area contributed by atoms with E-state index in [0.717, 1.165) is 13.2 Å². The minimum absolute atomic E-state index is 0.353. The molecule has 0 aliphatic carbocycles. The van der Waals surface area contributed by atoms with Gasteiger partial charge < -0.3 is 27.6 Å². The summed E-state index contributed by atoms with van der Waals surface area (Å²) in [4.78, 5) is 13.2. The molecule has 22 heavy (non-hydrogen) atoms. The zero-order valence-corrected chi connectivity index (χ0v) is 14.2. The minimum atomic E-state index is -0.786. The second-order valence-corrected chi connectivity index (χ2v) is 6.53. The number of hydrogen-bond donors (Lipinski definition) is 2. The van der Waals surface area contributed by atoms with Crippen molar-refractivity contribution in [2.45, 2.75) is 25.6 Å². The minimum Gasteiger partial charge on any atom is -0.767 e. The van der Waals surface area contributed by atoms with Gasteiger partial charge in [-0.25, -0.2) is 0 Å². The first-order valence-electron chi connectivity index (χ1n) is 7.55. The lowest BCUT2D eigenvalue weighted by atomic mass is 9.64. The highest BCUT2D eigenvalue weighted by molar-refractivity contribution is 7.59. The monoisotopic (exact) mass is 324 g/mol. The zero-order valence-electron chi connectivity index (χ0n) is 13.4. The highest BCUT2D eigenvalue weighted by Gasteiger charge is 2.48. The first-order chi connectivity index (χ1) is 10.4. The number of piperidine rings is 1. The predicted molar refractivity (Wildman–Crippen MR) is 83.3 cm³/mol. The average Bonchev–Trinajstić information content (AvgIpc) is 2.49. The van der Waals surface area contributed by atoms with Crippen LogP contribution >= 0.6 is 0 Å². The maximum absolute atomic E-state index is 11.6. The van der Waals surface area contributed by atoms with Crippen LogP contribution in [0.15, 0.2) is 0 Å². The molecule has 0 saturated carbocycles. The largest absolute Gasteiger partial charge is 0.767 e. The number of amides is 1. The van der Waals surface area contributed by atoms with Gasteiger partial charge in [0.05, 0.1) is 38.3 Å². The number of carbonyl (C=O) groups is 1. The molecule has 2 saturated heterocycles. The van der Waals surface area contributed by atoms with Crippen molar-refractivity contribution in [2.75, 3.05) is 33.4 Å². The molecule has 4 atom stereocenters. The van der Waals surface area contributed by atoms with Crippen LogP contribution in [0.5, 0.6) is 0 Å². The van der Waals surface area contributed by atoms with Crippen molar-refractivity contribution in [3.63, 3.8) is 0 Å². The number of likely N-dealkylation sites (N-methyl/N-ethyl adjacent to an activating group) is 1. The van der Waals surface area contributed by atoms with Gasteiger partial charge >= 0.3 is 0 Å². The summed E-state index contributed by atoms with van der Waals surface area (Å²) in [7, 11) is 2.20. The third-order valence-electron chi connectivity index (χ3n) is 4.60. The molecule has 2 N–H and O–H groups in total. The molecule has 0 aromatic heterocycles. The van der Waals surface area contributed by atoms with Crippen LogP contribution in [0.3, 0.4) is 0 Å². The van der Waals surface area contributed by atoms with Crippen LogP contribution in [0.1, 0.15) is 20.3 Å². The molecule has 0 bridgehead atoms.